The Morgan fingerprint density at radius 1 is 0.964 bits per heavy atom. The number of nitrogens with zero attached hydrogens (tertiary/aromatic N) is 1. The van der Waals surface area contributed by atoms with Gasteiger partial charge in [0.1, 0.15) is 0 Å². The van der Waals surface area contributed by atoms with Gasteiger partial charge < -0.3 is 15.4 Å². The highest BCUT2D eigenvalue weighted by atomic mass is 35.5. The Hall–Kier alpha value is -1.13. The topological polar surface area (TPSA) is 70.7 Å². The van der Waals surface area contributed by atoms with Gasteiger partial charge in [-0.3, -0.25) is 0 Å². The predicted octanol–water partition coefficient (Wildman–Crippen LogP) is 4.48. The van der Waals surface area contributed by atoms with E-state index in [0.29, 0.717) is 52.7 Å². The van der Waals surface area contributed by atoms with Crippen molar-refractivity contribution in [1.29, 1.82) is 0 Å². The maximum atomic E-state index is 12.6. The number of morpholine rings is 1. The molecule has 0 unspecified atom stereocenters. The van der Waals surface area contributed by atoms with Crippen molar-refractivity contribution in [3.8, 4) is 0 Å². The first-order valence-corrected chi connectivity index (χ1v) is 11.2. The maximum Gasteiger partial charge on any atom is 0.243 e. The Labute approximate surface area is 183 Å². The number of hydrogen-bond acceptors (Lipinski definition) is 4. The zero-order valence-electron chi connectivity index (χ0n) is 14.4. The minimum Gasteiger partial charge on any atom is -0.379 e. The minimum atomic E-state index is -3.54. The van der Waals surface area contributed by atoms with E-state index in [2.05, 4.69) is 10.6 Å². The normalized spacial score (nSPS) is 15.2. The van der Waals surface area contributed by atoms with Crippen LogP contribution >= 0.6 is 47.0 Å². The van der Waals surface area contributed by atoms with E-state index in [1.54, 1.807) is 18.2 Å². The van der Waals surface area contributed by atoms with Gasteiger partial charge in [-0.05, 0) is 48.6 Å². The van der Waals surface area contributed by atoms with E-state index in [4.69, 9.17) is 51.8 Å². The van der Waals surface area contributed by atoms with Crippen LogP contribution in [0.4, 0.5) is 11.4 Å². The van der Waals surface area contributed by atoms with Crippen molar-refractivity contribution in [2.45, 2.75) is 4.90 Å². The third kappa shape index (κ3) is 5.07. The van der Waals surface area contributed by atoms with Crippen LogP contribution in [0.2, 0.25) is 15.1 Å². The third-order valence-electron chi connectivity index (χ3n) is 3.98. The first kappa shape index (κ1) is 21.6. The molecule has 28 heavy (non-hydrogen) atoms. The molecule has 2 aromatic rings. The first-order valence-electron chi connectivity index (χ1n) is 8.18. The van der Waals surface area contributed by atoms with Crippen LogP contribution in [-0.4, -0.2) is 44.1 Å². The summed E-state index contributed by atoms with van der Waals surface area (Å²) < 4.78 is 31.9. The molecule has 0 saturated carbocycles. The summed E-state index contributed by atoms with van der Waals surface area (Å²) >= 11 is 23.3. The molecule has 1 aliphatic heterocycles. The molecule has 3 rings (SSSR count). The molecule has 0 aromatic heterocycles. The van der Waals surface area contributed by atoms with Gasteiger partial charge in [-0.15, -0.1) is 0 Å². The van der Waals surface area contributed by atoms with E-state index < -0.39 is 10.0 Å². The van der Waals surface area contributed by atoms with Crippen molar-refractivity contribution in [3.05, 3.63) is 51.5 Å². The zero-order valence-corrected chi connectivity index (χ0v) is 18.3. The standard InChI is InChI=1S/C17H16Cl3N3O3S2/c18-13-9-15(20)16(10-14(13)19)22-17(27)21-11-1-3-12(4-2-11)28(24,25)23-5-7-26-8-6-23/h1-4,9-10H,5-8H2,(H2,21,22,27). The van der Waals surface area contributed by atoms with Gasteiger partial charge in [0.25, 0.3) is 0 Å². The lowest BCUT2D eigenvalue weighted by atomic mass is 10.3. The predicted molar refractivity (Wildman–Crippen MR) is 117 cm³/mol. The second-order valence-electron chi connectivity index (χ2n) is 5.87. The highest BCUT2D eigenvalue weighted by Gasteiger charge is 2.26. The molecule has 1 aliphatic rings. The first-order chi connectivity index (χ1) is 13.3. The summed E-state index contributed by atoms with van der Waals surface area (Å²) in [4.78, 5) is 0.214. The molecule has 150 valence electrons. The highest BCUT2D eigenvalue weighted by Crippen LogP contribution is 2.32. The number of hydrogen-bond donors (Lipinski definition) is 2. The van der Waals surface area contributed by atoms with Crippen molar-refractivity contribution in [1.82, 2.24) is 4.31 Å². The summed E-state index contributed by atoms with van der Waals surface area (Å²) in [6.07, 6.45) is 0. The molecule has 2 aromatic carbocycles. The molecule has 6 nitrogen and oxygen atoms in total. The van der Waals surface area contributed by atoms with Crippen LogP contribution in [0, 0.1) is 0 Å². The van der Waals surface area contributed by atoms with Crippen molar-refractivity contribution >= 4 is 73.5 Å². The third-order valence-corrected chi connectivity index (χ3v) is 7.13. The fraction of sp³-hybridized carbons (Fsp3) is 0.235. The Morgan fingerprint density at radius 2 is 1.57 bits per heavy atom. The Bertz CT molecular complexity index is 979. The fourth-order valence-corrected chi connectivity index (χ4v) is 4.78. The van der Waals surface area contributed by atoms with E-state index >= 15 is 0 Å². The molecule has 0 bridgehead atoms. The summed E-state index contributed by atoms with van der Waals surface area (Å²) in [5.74, 6) is 0. The molecule has 0 radical (unpaired) electrons. The van der Waals surface area contributed by atoms with Crippen LogP contribution in [0.3, 0.4) is 0 Å². The molecule has 2 N–H and O–H groups in total. The second-order valence-corrected chi connectivity index (χ2v) is 9.43. The summed E-state index contributed by atoms with van der Waals surface area (Å²) in [5, 5.41) is 7.21. The van der Waals surface area contributed by atoms with Crippen molar-refractivity contribution < 1.29 is 13.2 Å². The number of nitrogens with one attached hydrogen (secondary N) is 2. The average Bonchev–Trinajstić information content (AvgIpc) is 2.67. The van der Waals surface area contributed by atoms with Gasteiger partial charge in [0.05, 0.1) is 38.9 Å². The number of benzene rings is 2. The summed E-state index contributed by atoms with van der Waals surface area (Å²) in [7, 11) is -3.54. The number of rotatable bonds is 4. The smallest absolute Gasteiger partial charge is 0.243 e. The molecule has 0 aliphatic carbocycles. The van der Waals surface area contributed by atoms with E-state index in [1.165, 1.54) is 22.5 Å². The average molecular weight is 481 g/mol. The molecule has 0 atom stereocenters. The number of thiocarbonyl (C=S) groups is 1. The molecule has 11 heteroatoms. The Balaban J connectivity index is 1.67. The minimum absolute atomic E-state index is 0.214. The van der Waals surface area contributed by atoms with Crippen molar-refractivity contribution in [2.24, 2.45) is 0 Å². The van der Waals surface area contributed by atoms with Crippen molar-refractivity contribution in [3.63, 3.8) is 0 Å². The largest absolute Gasteiger partial charge is 0.379 e. The van der Waals surface area contributed by atoms with Crippen LogP contribution < -0.4 is 10.6 Å². The van der Waals surface area contributed by atoms with Crippen LogP contribution in [0.15, 0.2) is 41.3 Å². The van der Waals surface area contributed by atoms with Crippen LogP contribution in [0.5, 0.6) is 0 Å². The lowest BCUT2D eigenvalue weighted by Crippen LogP contribution is -2.40. The van der Waals surface area contributed by atoms with E-state index in [9.17, 15) is 8.42 Å². The summed E-state index contributed by atoms with van der Waals surface area (Å²) in [6, 6.07) is 9.42. The molecule has 1 fully saturated rings. The van der Waals surface area contributed by atoms with Gasteiger partial charge in [-0.1, -0.05) is 34.8 Å². The van der Waals surface area contributed by atoms with Crippen molar-refractivity contribution in [2.75, 3.05) is 36.9 Å². The summed E-state index contributed by atoms with van der Waals surface area (Å²) in [6.45, 7) is 1.49. The second kappa shape index (κ2) is 9.13. The van der Waals surface area contributed by atoms with Gasteiger partial charge in [-0.2, -0.15) is 4.31 Å². The fourth-order valence-electron chi connectivity index (χ4n) is 2.55. The van der Waals surface area contributed by atoms with Crippen LogP contribution in [0.25, 0.3) is 0 Å². The number of anilines is 2. The van der Waals surface area contributed by atoms with E-state index in [1.807, 2.05) is 0 Å². The molecule has 0 spiro atoms. The number of halogens is 3. The molecular weight excluding hydrogens is 465 g/mol. The zero-order chi connectivity index (χ0) is 20.3. The van der Waals surface area contributed by atoms with Gasteiger partial charge >= 0.3 is 0 Å². The van der Waals surface area contributed by atoms with Crippen LogP contribution in [0.1, 0.15) is 0 Å². The lowest BCUT2D eigenvalue weighted by Gasteiger charge is -2.26. The maximum absolute atomic E-state index is 12.6. The molecule has 1 saturated heterocycles. The molecular formula is C17H16Cl3N3O3S2. The quantitative estimate of drug-likeness (QED) is 0.497. The Morgan fingerprint density at radius 3 is 2.21 bits per heavy atom. The van der Waals surface area contributed by atoms with Gasteiger partial charge in [0.15, 0.2) is 5.11 Å². The molecule has 0 amide bonds. The van der Waals surface area contributed by atoms with Gasteiger partial charge in [0, 0.05) is 18.8 Å². The van der Waals surface area contributed by atoms with Crippen LogP contribution in [-0.2, 0) is 14.8 Å². The van der Waals surface area contributed by atoms with Gasteiger partial charge in [-0.25, -0.2) is 8.42 Å². The lowest BCUT2D eigenvalue weighted by molar-refractivity contribution is 0.0730. The van der Waals surface area contributed by atoms with E-state index in [-0.39, 0.29) is 10.0 Å². The Kier molecular flexibility index (Phi) is 7.03. The van der Waals surface area contributed by atoms with E-state index in [0.717, 1.165) is 0 Å². The SMILES string of the molecule is O=S(=O)(c1ccc(NC(=S)Nc2cc(Cl)c(Cl)cc2Cl)cc1)N1CCOCC1. The molecule has 1 heterocycles. The highest BCUT2D eigenvalue weighted by molar-refractivity contribution is 7.89. The monoisotopic (exact) mass is 479 g/mol. The summed E-state index contributed by atoms with van der Waals surface area (Å²) in [5.41, 5.74) is 1.12. The number of sulfonamides is 1. The number of ether oxygens (including phenoxy) is 1. The van der Waals surface area contributed by atoms with Gasteiger partial charge in [0.2, 0.25) is 10.0 Å².